The topological polar surface area (TPSA) is 32.3 Å². The van der Waals surface area contributed by atoms with E-state index in [-0.39, 0.29) is 0 Å². The predicted molar refractivity (Wildman–Crippen MR) is 74.5 cm³/mol. The maximum atomic E-state index is 9.39. The molecule has 0 aromatic heterocycles. The Hall–Kier alpha value is -0.0800. The highest BCUT2D eigenvalue weighted by Crippen LogP contribution is 2.49. The molecule has 3 fully saturated rings. The van der Waals surface area contributed by atoms with Crippen molar-refractivity contribution >= 4 is 0 Å². The summed E-state index contributed by atoms with van der Waals surface area (Å²) in [6.45, 7) is 0.383. The van der Waals surface area contributed by atoms with Gasteiger partial charge >= 0.3 is 0 Å². The number of aliphatic hydroxyl groups excluding tert-OH is 1. The highest BCUT2D eigenvalue weighted by atomic mass is 16.3. The molecule has 2 unspecified atom stereocenters. The van der Waals surface area contributed by atoms with E-state index in [1.807, 2.05) is 0 Å². The lowest BCUT2D eigenvalue weighted by Gasteiger charge is -2.39. The van der Waals surface area contributed by atoms with Crippen molar-refractivity contribution in [1.29, 1.82) is 0 Å². The Bertz CT molecular complexity index is 262. The van der Waals surface area contributed by atoms with Crippen molar-refractivity contribution in [2.75, 3.05) is 6.61 Å². The molecule has 3 rings (SSSR count). The first-order valence-corrected chi connectivity index (χ1v) is 8.18. The Kier molecular flexibility index (Phi) is 3.95. The van der Waals surface area contributed by atoms with Gasteiger partial charge in [-0.05, 0) is 62.7 Å². The third-order valence-corrected chi connectivity index (χ3v) is 6.05. The Morgan fingerprint density at radius 3 is 2.28 bits per heavy atom. The predicted octanol–water partition coefficient (Wildman–Crippen LogP) is 3.24. The van der Waals surface area contributed by atoms with E-state index in [0.717, 1.165) is 11.5 Å². The quantitative estimate of drug-likeness (QED) is 0.807. The van der Waals surface area contributed by atoms with Crippen molar-refractivity contribution in [3.63, 3.8) is 0 Å². The second kappa shape index (κ2) is 5.50. The molecule has 3 aliphatic carbocycles. The van der Waals surface area contributed by atoms with Crippen molar-refractivity contribution in [3.8, 4) is 0 Å². The van der Waals surface area contributed by atoms with Crippen LogP contribution in [0.25, 0.3) is 0 Å². The molecular formula is C16H29NO. The number of nitrogens with one attached hydrogen (secondary N) is 1. The van der Waals surface area contributed by atoms with Gasteiger partial charge in [-0.1, -0.05) is 19.3 Å². The van der Waals surface area contributed by atoms with E-state index < -0.39 is 0 Å². The van der Waals surface area contributed by atoms with Crippen LogP contribution in [0.5, 0.6) is 0 Å². The monoisotopic (exact) mass is 251 g/mol. The zero-order chi connectivity index (χ0) is 12.4. The van der Waals surface area contributed by atoms with Crippen molar-refractivity contribution in [2.24, 2.45) is 11.3 Å². The van der Waals surface area contributed by atoms with Crippen LogP contribution >= 0.6 is 0 Å². The second-order valence-electron chi connectivity index (χ2n) is 7.13. The van der Waals surface area contributed by atoms with Gasteiger partial charge in [0.1, 0.15) is 0 Å². The van der Waals surface area contributed by atoms with Crippen LogP contribution in [0.3, 0.4) is 0 Å². The van der Waals surface area contributed by atoms with Crippen molar-refractivity contribution in [2.45, 2.75) is 82.7 Å². The Morgan fingerprint density at radius 1 is 0.889 bits per heavy atom. The summed E-state index contributed by atoms with van der Waals surface area (Å²) < 4.78 is 0. The van der Waals surface area contributed by atoms with E-state index in [4.69, 9.17) is 0 Å². The molecule has 18 heavy (non-hydrogen) atoms. The average molecular weight is 251 g/mol. The van der Waals surface area contributed by atoms with Gasteiger partial charge in [0, 0.05) is 18.7 Å². The minimum Gasteiger partial charge on any atom is -0.396 e. The molecule has 0 radical (unpaired) electrons. The molecule has 2 atom stereocenters. The number of aliphatic hydroxyl groups is 1. The van der Waals surface area contributed by atoms with Gasteiger partial charge in [-0.15, -0.1) is 0 Å². The van der Waals surface area contributed by atoms with Crippen LogP contribution in [0.2, 0.25) is 0 Å². The van der Waals surface area contributed by atoms with Crippen molar-refractivity contribution in [1.82, 2.24) is 5.32 Å². The third kappa shape index (κ3) is 2.60. The van der Waals surface area contributed by atoms with Gasteiger partial charge in [0.15, 0.2) is 0 Å². The molecule has 104 valence electrons. The summed E-state index contributed by atoms with van der Waals surface area (Å²) in [5, 5.41) is 13.3. The van der Waals surface area contributed by atoms with Crippen molar-refractivity contribution < 1.29 is 5.11 Å². The Balaban J connectivity index is 1.48. The molecule has 3 saturated carbocycles. The normalized spacial score (nSPS) is 36.5. The van der Waals surface area contributed by atoms with E-state index >= 15 is 0 Å². The van der Waals surface area contributed by atoms with Gasteiger partial charge in [0.05, 0.1) is 0 Å². The molecule has 0 heterocycles. The summed E-state index contributed by atoms with van der Waals surface area (Å²) in [5.41, 5.74) is 0.754. The highest BCUT2D eigenvalue weighted by molar-refractivity contribution is 4.93. The molecule has 2 heteroatoms. The van der Waals surface area contributed by atoms with Crippen molar-refractivity contribution in [3.05, 3.63) is 0 Å². The van der Waals surface area contributed by atoms with Crippen LogP contribution in [-0.4, -0.2) is 23.8 Å². The van der Waals surface area contributed by atoms with E-state index in [1.165, 1.54) is 70.6 Å². The second-order valence-corrected chi connectivity index (χ2v) is 7.13. The van der Waals surface area contributed by atoms with Crippen LogP contribution in [0.15, 0.2) is 0 Å². The third-order valence-electron chi connectivity index (χ3n) is 6.05. The fourth-order valence-corrected chi connectivity index (χ4v) is 4.80. The van der Waals surface area contributed by atoms with Crippen LogP contribution < -0.4 is 5.32 Å². The zero-order valence-corrected chi connectivity index (χ0v) is 11.7. The summed E-state index contributed by atoms with van der Waals surface area (Å²) in [6, 6.07) is 1.35. The van der Waals surface area contributed by atoms with E-state index in [2.05, 4.69) is 5.32 Å². The summed E-state index contributed by atoms with van der Waals surface area (Å²) in [4.78, 5) is 0. The van der Waals surface area contributed by atoms with Gasteiger partial charge in [0.2, 0.25) is 0 Å². The van der Waals surface area contributed by atoms with E-state index in [1.54, 1.807) is 0 Å². The molecule has 0 bridgehead atoms. The fraction of sp³-hybridized carbons (Fsp3) is 1.00. The SMILES string of the molecule is OCC1CCCC1NC1CCC2(CCCC2)CC1. The smallest absolute Gasteiger partial charge is 0.0474 e. The largest absolute Gasteiger partial charge is 0.396 e. The lowest BCUT2D eigenvalue weighted by Crippen LogP contribution is -2.44. The van der Waals surface area contributed by atoms with Gasteiger partial charge in [-0.2, -0.15) is 0 Å². The standard InChI is InChI=1S/C16H29NO/c18-12-13-4-3-5-15(13)17-14-6-10-16(11-7-14)8-1-2-9-16/h13-15,17-18H,1-12H2. The molecule has 0 amide bonds. The van der Waals surface area contributed by atoms with Crippen LogP contribution in [0.4, 0.5) is 0 Å². The van der Waals surface area contributed by atoms with Crippen LogP contribution in [0.1, 0.15) is 70.6 Å². The number of hydrogen-bond acceptors (Lipinski definition) is 2. The van der Waals surface area contributed by atoms with Gasteiger partial charge in [0.25, 0.3) is 0 Å². The minimum atomic E-state index is 0.383. The Labute approximate surface area is 112 Å². The minimum absolute atomic E-state index is 0.383. The van der Waals surface area contributed by atoms with Gasteiger partial charge in [-0.3, -0.25) is 0 Å². The zero-order valence-electron chi connectivity index (χ0n) is 11.7. The molecule has 0 aromatic carbocycles. The van der Waals surface area contributed by atoms with Gasteiger partial charge < -0.3 is 10.4 Å². The first-order valence-electron chi connectivity index (χ1n) is 8.18. The molecule has 0 saturated heterocycles. The van der Waals surface area contributed by atoms with Crippen LogP contribution in [0, 0.1) is 11.3 Å². The summed E-state index contributed by atoms with van der Waals surface area (Å²) in [6.07, 6.45) is 15.5. The molecule has 2 nitrogen and oxygen atoms in total. The highest BCUT2D eigenvalue weighted by Gasteiger charge is 2.38. The first kappa shape index (κ1) is 12.9. The summed E-state index contributed by atoms with van der Waals surface area (Å²) >= 11 is 0. The number of hydrogen-bond donors (Lipinski definition) is 2. The molecule has 0 aromatic rings. The van der Waals surface area contributed by atoms with E-state index in [9.17, 15) is 5.11 Å². The molecule has 3 aliphatic rings. The lowest BCUT2D eigenvalue weighted by molar-refractivity contribution is 0.147. The molecular weight excluding hydrogens is 222 g/mol. The molecule has 0 aliphatic heterocycles. The van der Waals surface area contributed by atoms with E-state index in [0.29, 0.717) is 18.6 Å². The molecule has 2 N–H and O–H groups in total. The molecule has 1 spiro atoms. The average Bonchev–Trinajstić information content (AvgIpc) is 3.02. The Morgan fingerprint density at radius 2 is 1.61 bits per heavy atom. The van der Waals surface area contributed by atoms with Gasteiger partial charge in [-0.25, -0.2) is 0 Å². The summed E-state index contributed by atoms with van der Waals surface area (Å²) in [7, 11) is 0. The maximum absolute atomic E-state index is 9.39. The fourth-order valence-electron chi connectivity index (χ4n) is 4.80. The number of rotatable bonds is 3. The van der Waals surface area contributed by atoms with Crippen LogP contribution in [-0.2, 0) is 0 Å². The first-order chi connectivity index (χ1) is 8.81. The maximum Gasteiger partial charge on any atom is 0.0474 e. The summed E-state index contributed by atoms with van der Waals surface area (Å²) in [5.74, 6) is 0.535. The lowest BCUT2D eigenvalue weighted by atomic mass is 9.71.